The second-order valence-corrected chi connectivity index (χ2v) is 7.47. The van der Waals surface area contributed by atoms with Gasteiger partial charge in [-0.3, -0.25) is 4.72 Å². The summed E-state index contributed by atoms with van der Waals surface area (Å²) in [6.07, 6.45) is -0.715. The highest BCUT2D eigenvalue weighted by molar-refractivity contribution is 9.10. The van der Waals surface area contributed by atoms with E-state index in [0.717, 1.165) is 10.0 Å². The molecule has 0 bridgehead atoms. The Bertz CT molecular complexity index is 737. The minimum absolute atomic E-state index is 0.124. The summed E-state index contributed by atoms with van der Waals surface area (Å²) >= 11 is 3.34. The van der Waals surface area contributed by atoms with E-state index >= 15 is 0 Å². The average molecular weight is 370 g/mol. The van der Waals surface area contributed by atoms with Gasteiger partial charge >= 0.3 is 0 Å². The van der Waals surface area contributed by atoms with Crippen molar-refractivity contribution in [2.24, 2.45) is 0 Å². The van der Waals surface area contributed by atoms with E-state index in [-0.39, 0.29) is 4.90 Å². The van der Waals surface area contributed by atoms with Crippen LogP contribution in [0.1, 0.15) is 24.2 Å². The van der Waals surface area contributed by atoms with Gasteiger partial charge in [-0.25, -0.2) is 8.42 Å². The Hall–Kier alpha value is -1.37. The lowest BCUT2D eigenvalue weighted by Gasteiger charge is -2.11. The molecule has 0 aliphatic heterocycles. The quantitative estimate of drug-likeness (QED) is 0.864. The first-order chi connectivity index (χ1) is 9.78. The smallest absolute Gasteiger partial charge is 0.261 e. The van der Waals surface area contributed by atoms with E-state index < -0.39 is 16.1 Å². The molecule has 2 aromatic rings. The number of rotatable bonds is 4. The van der Waals surface area contributed by atoms with Gasteiger partial charge in [-0.05, 0) is 55.3 Å². The number of aliphatic hydroxyl groups is 1. The van der Waals surface area contributed by atoms with Crippen LogP contribution in [-0.4, -0.2) is 13.5 Å². The summed E-state index contributed by atoms with van der Waals surface area (Å²) in [6, 6.07) is 11.6. The number of sulfonamides is 1. The van der Waals surface area contributed by atoms with Crippen molar-refractivity contribution in [2.75, 3.05) is 4.72 Å². The lowest BCUT2D eigenvalue weighted by Crippen LogP contribution is -2.13. The number of halogens is 1. The Morgan fingerprint density at radius 1 is 1.19 bits per heavy atom. The number of benzene rings is 2. The zero-order chi connectivity index (χ0) is 15.6. The molecule has 0 aromatic heterocycles. The first-order valence-electron chi connectivity index (χ1n) is 6.36. The first kappa shape index (κ1) is 16.0. The molecule has 2 rings (SSSR count). The molecular formula is C15H16BrNO3S. The Balaban J connectivity index is 2.36. The number of nitrogens with one attached hydrogen (secondary N) is 1. The van der Waals surface area contributed by atoms with Crippen LogP contribution in [0.2, 0.25) is 0 Å². The van der Waals surface area contributed by atoms with Crippen molar-refractivity contribution in [1.29, 1.82) is 0 Å². The largest absolute Gasteiger partial charge is 0.389 e. The fraction of sp³-hybridized carbons (Fsp3) is 0.200. The van der Waals surface area contributed by atoms with Crippen LogP contribution >= 0.6 is 15.9 Å². The summed E-state index contributed by atoms with van der Waals surface area (Å²) < 4.78 is 28.1. The molecule has 0 spiro atoms. The molecule has 0 saturated carbocycles. The summed E-state index contributed by atoms with van der Waals surface area (Å²) in [6.45, 7) is 3.48. The van der Waals surface area contributed by atoms with Crippen LogP contribution in [-0.2, 0) is 10.0 Å². The van der Waals surface area contributed by atoms with Crippen LogP contribution in [0.4, 0.5) is 5.69 Å². The van der Waals surface area contributed by atoms with Gasteiger partial charge in [0.2, 0.25) is 0 Å². The van der Waals surface area contributed by atoms with E-state index in [0.29, 0.717) is 11.3 Å². The summed E-state index contributed by atoms with van der Waals surface area (Å²) in [5.41, 5.74) is 1.99. The molecule has 0 aliphatic rings. The monoisotopic (exact) mass is 369 g/mol. The Morgan fingerprint density at radius 2 is 1.90 bits per heavy atom. The van der Waals surface area contributed by atoms with E-state index in [9.17, 15) is 13.5 Å². The molecule has 6 heteroatoms. The molecule has 2 N–H and O–H groups in total. The minimum atomic E-state index is -3.68. The van der Waals surface area contributed by atoms with Crippen molar-refractivity contribution in [3.63, 3.8) is 0 Å². The number of hydrogen-bond donors (Lipinski definition) is 2. The van der Waals surface area contributed by atoms with Gasteiger partial charge in [0.25, 0.3) is 10.0 Å². The average Bonchev–Trinajstić information content (AvgIpc) is 2.37. The number of aryl methyl sites for hydroxylation is 1. The fourth-order valence-corrected chi connectivity index (χ4v) is 3.65. The predicted molar refractivity (Wildman–Crippen MR) is 86.8 cm³/mol. The normalized spacial score (nSPS) is 13.0. The molecular weight excluding hydrogens is 354 g/mol. The van der Waals surface area contributed by atoms with Crippen molar-refractivity contribution in [2.45, 2.75) is 24.8 Å². The predicted octanol–water partition coefficient (Wildman–Crippen LogP) is 3.61. The van der Waals surface area contributed by atoms with Crippen molar-refractivity contribution < 1.29 is 13.5 Å². The van der Waals surface area contributed by atoms with E-state index in [1.165, 1.54) is 12.1 Å². The van der Waals surface area contributed by atoms with E-state index in [1.807, 2.05) is 13.0 Å². The van der Waals surface area contributed by atoms with Gasteiger partial charge in [-0.15, -0.1) is 0 Å². The molecule has 21 heavy (non-hydrogen) atoms. The van der Waals surface area contributed by atoms with Crippen LogP contribution in [0.3, 0.4) is 0 Å². The maximum atomic E-state index is 12.4. The maximum Gasteiger partial charge on any atom is 0.261 e. The highest BCUT2D eigenvalue weighted by atomic mass is 79.9. The van der Waals surface area contributed by atoms with Crippen LogP contribution in [0.25, 0.3) is 0 Å². The summed E-state index contributed by atoms with van der Waals surface area (Å²) in [7, 11) is -3.68. The summed E-state index contributed by atoms with van der Waals surface area (Å²) in [5.74, 6) is 0. The Morgan fingerprint density at radius 3 is 2.52 bits per heavy atom. The highest BCUT2D eigenvalue weighted by Crippen LogP contribution is 2.23. The van der Waals surface area contributed by atoms with Gasteiger partial charge in [0.15, 0.2) is 0 Å². The third-order valence-corrected chi connectivity index (χ3v) is 4.78. The van der Waals surface area contributed by atoms with Gasteiger partial charge in [0.05, 0.1) is 16.7 Å². The summed E-state index contributed by atoms with van der Waals surface area (Å²) in [4.78, 5) is 0.124. The minimum Gasteiger partial charge on any atom is -0.389 e. The van der Waals surface area contributed by atoms with Crippen LogP contribution < -0.4 is 4.72 Å². The SMILES string of the molecule is Cc1cc(Br)cc(NS(=O)(=O)c2cccc(C(C)O)c2)c1. The molecule has 0 amide bonds. The molecule has 112 valence electrons. The maximum absolute atomic E-state index is 12.4. The van der Waals surface area contributed by atoms with Gasteiger partial charge in [0.1, 0.15) is 0 Å². The van der Waals surface area contributed by atoms with Crippen molar-refractivity contribution in [1.82, 2.24) is 0 Å². The van der Waals surface area contributed by atoms with E-state index in [2.05, 4.69) is 20.7 Å². The zero-order valence-corrected chi connectivity index (χ0v) is 14.1. The van der Waals surface area contributed by atoms with Crippen molar-refractivity contribution in [3.05, 3.63) is 58.1 Å². The number of aliphatic hydroxyl groups excluding tert-OH is 1. The fourth-order valence-electron chi connectivity index (χ4n) is 1.95. The van der Waals surface area contributed by atoms with Crippen LogP contribution in [0, 0.1) is 6.92 Å². The van der Waals surface area contributed by atoms with E-state index in [1.54, 1.807) is 31.2 Å². The second kappa shape index (κ2) is 6.17. The molecule has 0 fully saturated rings. The lowest BCUT2D eigenvalue weighted by atomic mass is 10.1. The van der Waals surface area contributed by atoms with Gasteiger partial charge in [-0.1, -0.05) is 28.1 Å². The van der Waals surface area contributed by atoms with Crippen LogP contribution in [0.15, 0.2) is 51.8 Å². The molecule has 0 heterocycles. The molecule has 2 aromatic carbocycles. The van der Waals surface area contributed by atoms with E-state index in [4.69, 9.17) is 0 Å². The molecule has 0 radical (unpaired) electrons. The number of anilines is 1. The topological polar surface area (TPSA) is 66.4 Å². The highest BCUT2D eigenvalue weighted by Gasteiger charge is 2.16. The molecule has 1 atom stereocenters. The Labute approximate surface area is 133 Å². The van der Waals surface area contributed by atoms with Crippen molar-refractivity contribution >= 4 is 31.6 Å². The van der Waals surface area contributed by atoms with Crippen LogP contribution in [0.5, 0.6) is 0 Å². The third-order valence-electron chi connectivity index (χ3n) is 2.95. The van der Waals surface area contributed by atoms with Gasteiger partial charge < -0.3 is 5.11 Å². The first-order valence-corrected chi connectivity index (χ1v) is 8.63. The lowest BCUT2D eigenvalue weighted by molar-refractivity contribution is 0.199. The standard InChI is InChI=1S/C15H16BrNO3S/c1-10-6-13(16)9-14(7-10)17-21(19,20)15-5-3-4-12(8-15)11(2)18/h3-9,11,17-18H,1-2H3. The molecule has 0 saturated heterocycles. The van der Waals surface area contributed by atoms with Crippen molar-refractivity contribution in [3.8, 4) is 0 Å². The molecule has 1 unspecified atom stereocenters. The van der Waals surface area contributed by atoms with Gasteiger partial charge in [-0.2, -0.15) is 0 Å². The molecule has 0 aliphatic carbocycles. The zero-order valence-electron chi connectivity index (χ0n) is 11.7. The summed E-state index contributed by atoms with van der Waals surface area (Å²) in [5, 5.41) is 9.55. The third kappa shape index (κ3) is 4.06. The number of hydrogen-bond acceptors (Lipinski definition) is 3. The van der Waals surface area contributed by atoms with Gasteiger partial charge in [0, 0.05) is 4.47 Å². The molecule has 4 nitrogen and oxygen atoms in total. The Kier molecular flexibility index (Phi) is 4.70. The second-order valence-electron chi connectivity index (χ2n) is 4.87.